The molecule has 0 radical (unpaired) electrons. The maximum Gasteiger partial charge on any atom is 0.258 e. The Labute approximate surface area is 622 Å². The Balaban J connectivity index is 0.000000123. The number of halogens is 4. The first-order valence-electron chi connectivity index (χ1n) is 34.8. The molecule has 4 fully saturated rings. The number of benzene rings is 8. The van der Waals surface area contributed by atoms with E-state index >= 15 is 0 Å². The minimum Gasteiger partial charge on any atom is -0.487 e. The monoisotopic (exact) mass is 1490 g/mol. The van der Waals surface area contributed by atoms with Crippen LogP contribution in [0, 0.1) is 0 Å². The molecule has 8 aromatic carbocycles. The van der Waals surface area contributed by atoms with Crippen molar-refractivity contribution in [2.24, 2.45) is 0 Å². The fourth-order valence-electron chi connectivity index (χ4n) is 13.7. The van der Waals surface area contributed by atoms with E-state index in [-0.39, 0.29) is 49.1 Å². The van der Waals surface area contributed by atoms with Gasteiger partial charge in [-0.1, -0.05) is 143 Å². The zero-order chi connectivity index (χ0) is 72.4. The van der Waals surface area contributed by atoms with Gasteiger partial charge < -0.3 is 77.9 Å². The quantitative estimate of drug-likeness (QED) is 0.0704. The maximum atomic E-state index is 12.9. The van der Waals surface area contributed by atoms with Gasteiger partial charge in [0.1, 0.15) is 59.6 Å². The van der Waals surface area contributed by atoms with E-state index < -0.39 is 36.6 Å². The molecule has 4 N–H and O–H groups in total. The molecule has 4 saturated heterocycles. The van der Waals surface area contributed by atoms with Crippen LogP contribution in [0.15, 0.2) is 170 Å². The zero-order valence-corrected chi connectivity index (χ0v) is 59.9. The number of carbonyl (C=O) groups is 4. The molecule has 0 aromatic heterocycles. The minimum atomic E-state index is -0.679. The molecule has 8 atom stereocenters. The van der Waals surface area contributed by atoms with Crippen LogP contribution in [0.4, 0.5) is 0 Å². The molecule has 104 heavy (non-hydrogen) atoms. The van der Waals surface area contributed by atoms with E-state index in [1.54, 1.807) is 43.9 Å². The van der Waals surface area contributed by atoms with Crippen molar-refractivity contribution in [3.63, 3.8) is 0 Å². The Morgan fingerprint density at radius 2 is 0.548 bits per heavy atom. The lowest BCUT2D eigenvalue weighted by Gasteiger charge is -2.28. The van der Waals surface area contributed by atoms with Crippen LogP contribution in [0.1, 0.15) is 112 Å². The molecule has 0 bridgehead atoms. The minimum absolute atomic E-state index is 0.0490. The van der Waals surface area contributed by atoms with Crippen molar-refractivity contribution in [1.29, 1.82) is 0 Å². The molecular weight excluding hydrogens is 1410 g/mol. The number of carbonyl (C=O) groups excluding carboxylic acids is 4. The fraction of sp³-hybridized carbons (Fsp3) is 0.350. The van der Waals surface area contributed by atoms with E-state index in [0.29, 0.717) is 183 Å². The average molecular weight is 1500 g/mol. The second kappa shape index (κ2) is 34.3. The molecule has 8 heterocycles. The highest BCUT2D eigenvalue weighted by atomic mass is 35.5. The summed E-state index contributed by atoms with van der Waals surface area (Å²) < 4.78 is 45.2. The van der Waals surface area contributed by atoms with Crippen LogP contribution < -0.4 is 18.9 Å². The summed E-state index contributed by atoms with van der Waals surface area (Å²) in [6, 6.07) is 52.4. The predicted molar refractivity (Wildman–Crippen MR) is 389 cm³/mol. The van der Waals surface area contributed by atoms with Gasteiger partial charge in [-0.15, -0.1) is 0 Å². The summed E-state index contributed by atoms with van der Waals surface area (Å²) in [5.41, 5.74) is 10.2. The number of fused-ring (bicyclic) bond motifs is 4. The van der Waals surface area contributed by atoms with Crippen LogP contribution in [0.3, 0.4) is 0 Å². The first-order chi connectivity index (χ1) is 50.5. The molecule has 16 rings (SSSR count). The summed E-state index contributed by atoms with van der Waals surface area (Å²) in [6.07, 6.45) is -1.85. The number of nitrogens with zero attached hydrogens (tertiary/aromatic N) is 4. The number of hydrogen-bond donors (Lipinski definition) is 4. The average Bonchev–Trinajstić information content (AvgIpc) is 1.65. The van der Waals surface area contributed by atoms with Gasteiger partial charge in [0.15, 0.2) is 0 Å². The summed E-state index contributed by atoms with van der Waals surface area (Å²) in [7, 11) is 0. The highest BCUT2D eigenvalue weighted by Crippen LogP contribution is 2.39. The Bertz CT molecular complexity index is 3780. The third-order valence-electron chi connectivity index (χ3n) is 19.2. The van der Waals surface area contributed by atoms with Crippen molar-refractivity contribution in [2.45, 2.75) is 127 Å². The van der Waals surface area contributed by atoms with Crippen LogP contribution >= 0.6 is 46.4 Å². The maximum absolute atomic E-state index is 12.9. The smallest absolute Gasteiger partial charge is 0.258 e. The van der Waals surface area contributed by atoms with Crippen molar-refractivity contribution in [2.75, 3.05) is 52.9 Å². The topological polar surface area (TPSA) is 236 Å². The van der Waals surface area contributed by atoms with Crippen molar-refractivity contribution < 1.29 is 77.5 Å². The second-order valence-corrected chi connectivity index (χ2v) is 28.4. The molecule has 8 aliphatic rings. The number of aliphatic hydroxyl groups is 4. The van der Waals surface area contributed by atoms with Crippen molar-refractivity contribution in [3.8, 4) is 23.0 Å². The fourth-order valence-corrected chi connectivity index (χ4v) is 14.2. The van der Waals surface area contributed by atoms with Crippen LogP contribution in [0.25, 0.3) is 0 Å². The largest absolute Gasteiger partial charge is 0.487 e. The molecular formula is C80H80Cl4N4O16. The summed E-state index contributed by atoms with van der Waals surface area (Å²) >= 11 is 23.7. The van der Waals surface area contributed by atoms with Gasteiger partial charge in [-0.25, -0.2) is 0 Å². The Morgan fingerprint density at radius 3 is 0.798 bits per heavy atom. The van der Waals surface area contributed by atoms with E-state index in [9.17, 15) is 39.6 Å². The number of hydrogen-bond acceptors (Lipinski definition) is 16. The van der Waals surface area contributed by atoms with E-state index in [2.05, 4.69) is 0 Å². The van der Waals surface area contributed by atoms with Gasteiger partial charge in [0.2, 0.25) is 0 Å². The lowest BCUT2D eigenvalue weighted by Crippen LogP contribution is -2.41. The lowest BCUT2D eigenvalue weighted by molar-refractivity contribution is -0.0752. The van der Waals surface area contributed by atoms with Gasteiger partial charge in [-0.3, -0.25) is 19.2 Å². The van der Waals surface area contributed by atoms with Gasteiger partial charge in [-0.2, -0.15) is 0 Å². The van der Waals surface area contributed by atoms with Crippen LogP contribution in [-0.4, -0.2) is 165 Å². The SMILES string of the molecule is O=C1c2c(cccc2O[C@@H]2CCOC[C@H]2O)CN1Cc1ccc(Cl)cc1.O=C1c2c(cccc2O[C@@H]2COCC[C@H]2O)CN1Cc1ccc(Cl)cc1.O=C1c2c(cccc2O[C@H]2CCOC[C@@H]2O)CN1Cc1ccc(Cl)cc1.O=C1c2c(cccc2O[C@H]2COCC[C@@H]2O)CN1Cc1ccc(Cl)cc1. The predicted octanol–water partition coefficient (Wildman–Crippen LogP) is 12.1. The number of amides is 4. The summed E-state index contributed by atoms with van der Waals surface area (Å²) in [4.78, 5) is 58.9. The molecule has 20 nitrogen and oxygen atoms in total. The number of aliphatic hydroxyl groups excluding tert-OH is 4. The van der Waals surface area contributed by atoms with Crippen molar-refractivity contribution in [3.05, 3.63) is 257 Å². The summed E-state index contributed by atoms with van der Waals surface area (Å²) in [5.74, 6) is 1.89. The number of rotatable bonds is 16. The Hall–Kier alpha value is -8.32. The second-order valence-electron chi connectivity index (χ2n) is 26.7. The molecule has 0 saturated carbocycles. The van der Waals surface area contributed by atoms with Gasteiger partial charge in [0, 0.05) is 111 Å². The van der Waals surface area contributed by atoms with Crippen LogP contribution in [0.5, 0.6) is 23.0 Å². The summed E-state index contributed by atoms with van der Waals surface area (Å²) in [5, 5.41) is 43.0. The van der Waals surface area contributed by atoms with Crippen LogP contribution in [-0.2, 0) is 71.3 Å². The summed E-state index contributed by atoms with van der Waals surface area (Å²) in [6.45, 7) is 7.56. The van der Waals surface area contributed by atoms with Gasteiger partial charge >= 0.3 is 0 Å². The van der Waals surface area contributed by atoms with Crippen molar-refractivity contribution >= 4 is 70.0 Å². The van der Waals surface area contributed by atoms with Crippen LogP contribution in [0.2, 0.25) is 20.1 Å². The van der Waals surface area contributed by atoms with Gasteiger partial charge in [0.25, 0.3) is 23.6 Å². The third kappa shape index (κ3) is 18.0. The van der Waals surface area contributed by atoms with E-state index in [1.165, 1.54) is 0 Å². The third-order valence-corrected chi connectivity index (χ3v) is 20.2. The van der Waals surface area contributed by atoms with E-state index in [1.807, 2.05) is 146 Å². The van der Waals surface area contributed by atoms with E-state index in [4.69, 9.17) is 84.3 Å². The molecule has 4 amide bonds. The zero-order valence-electron chi connectivity index (χ0n) is 56.9. The molecule has 8 aliphatic heterocycles. The lowest BCUT2D eigenvalue weighted by atomic mass is 10.1. The molecule has 8 aromatic rings. The molecule has 0 aliphatic carbocycles. The first-order valence-corrected chi connectivity index (χ1v) is 36.3. The van der Waals surface area contributed by atoms with E-state index in [0.717, 1.165) is 44.5 Å². The first kappa shape index (κ1) is 74.0. The molecule has 544 valence electrons. The molecule has 0 unspecified atom stereocenters. The highest BCUT2D eigenvalue weighted by Gasteiger charge is 2.38. The highest BCUT2D eigenvalue weighted by molar-refractivity contribution is 6.31. The standard InChI is InChI=1S/4C20H20ClNO4/c2*21-15-6-4-13(5-7-15)10-22-11-14-2-1-3-18(19(14)20(22)24)26-17-8-9-25-12-16(17)23;2*21-15-6-4-13(5-7-15)10-22-11-14-2-1-3-17(19(14)20(22)24)26-18-12-25-9-8-16(18)23/h2*1-7,16-17,23H,8-12H2;2*1-7,16,18,23H,8-12H2/t2*16-,17-;2*16-,18-/m1010/s1. The molecule has 0 spiro atoms. The molecule has 24 heteroatoms. The van der Waals surface area contributed by atoms with Gasteiger partial charge in [0.05, 0.1) is 74.1 Å². The Kier molecular flexibility index (Phi) is 24.4. The normalized spacial score (nSPS) is 22.4. The van der Waals surface area contributed by atoms with Gasteiger partial charge in [-0.05, 0) is 117 Å². The van der Waals surface area contributed by atoms with Crippen molar-refractivity contribution in [1.82, 2.24) is 19.6 Å². The number of ether oxygens (including phenoxy) is 8. The Morgan fingerprint density at radius 1 is 0.308 bits per heavy atom.